The Bertz CT molecular complexity index is 1320. The molecule has 35 heavy (non-hydrogen) atoms. The molecule has 4 rings (SSSR count). The lowest BCUT2D eigenvalue weighted by Gasteiger charge is -2.18. The first kappa shape index (κ1) is 26.4. The lowest BCUT2D eigenvalue weighted by atomic mass is 10.2. The van der Waals surface area contributed by atoms with E-state index in [0.29, 0.717) is 17.4 Å². The fourth-order valence-electron chi connectivity index (χ4n) is 3.42. The highest BCUT2D eigenvalue weighted by Gasteiger charge is 2.39. The van der Waals surface area contributed by atoms with Gasteiger partial charge in [0.25, 0.3) is 0 Å². The highest BCUT2D eigenvalue weighted by Crippen LogP contribution is 2.55. The Morgan fingerprint density at radius 1 is 1.20 bits per heavy atom. The molecule has 190 valence electrons. The van der Waals surface area contributed by atoms with Crippen LogP contribution in [0.1, 0.15) is 18.2 Å². The van der Waals surface area contributed by atoms with Crippen molar-refractivity contribution >= 4 is 55.4 Å². The second kappa shape index (κ2) is 10.3. The molecule has 0 bridgehead atoms. The number of anilines is 1. The number of fused-ring (bicyclic) bond motifs is 1. The summed E-state index contributed by atoms with van der Waals surface area (Å²) in [6.45, 7) is -0.263. The number of nitrogens with zero attached hydrogens (tertiary/aromatic N) is 5. The molecule has 3 aromatic rings. The molecule has 1 aliphatic rings. The minimum atomic E-state index is -4.78. The maximum atomic E-state index is 11.9. The molecule has 14 nitrogen and oxygen atoms in total. The Kier molecular flexibility index (Phi) is 7.79. The van der Waals surface area contributed by atoms with Gasteiger partial charge < -0.3 is 34.4 Å². The van der Waals surface area contributed by atoms with Crippen molar-refractivity contribution in [3.63, 3.8) is 0 Å². The summed E-state index contributed by atoms with van der Waals surface area (Å²) in [7, 11) is -9.39. The number of nitrogens with one attached hydrogen (secondary N) is 1. The summed E-state index contributed by atoms with van der Waals surface area (Å²) >= 11 is 12.3. The van der Waals surface area contributed by atoms with Gasteiger partial charge in [0.15, 0.2) is 29.1 Å². The standard InChI is InChI=1S/C17H20Cl2N6O8P2/c18-10-4-2-1-3-9(10)6-20-15-14-16(22-17(19)21-15)25(24-23-14)13-5-11(26)12(33-13)7-32-35(30,31)8-34(27,28)29/h1-4,11-13,26H,5-8H2,(H,30,31)(H,20,21,22)(H2,27,28,29)/t11-,12+,13+/m0/s1. The molecular formula is C17H20Cl2N6O8P2. The molecule has 1 aliphatic heterocycles. The summed E-state index contributed by atoms with van der Waals surface area (Å²) in [5.74, 6) is -1.05. The van der Waals surface area contributed by atoms with E-state index in [1.165, 1.54) is 4.68 Å². The molecule has 1 unspecified atom stereocenters. The summed E-state index contributed by atoms with van der Waals surface area (Å²) in [5.41, 5.74) is 1.30. The van der Waals surface area contributed by atoms with E-state index in [2.05, 4.69) is 25.6 Å². The van der Waals surface area contributed by atoms with Crippen LogP contribution in [0.3, 0.4) is 0 Å². The van der Waals surface area contributed by atoms with Crippen molar-refractivity contribution in [2.75, 3.05) is 17.8 Å². The van der Waals surface area contributed by atoms with E-state index < -0.39 is 46.1 Å². The molecular weight excluding hydrogens is 549 g/mol. The highest BCUT2D eigenvalue weighted by atomic mass is 35.5. The van der Waals surface area contributed by atoms with E-state index in [1.807, 2.05) is 18.2 Å². The van der Waals surface area contributed by atoms with Gasteiger partial charge in [-0.2, -0.15) is 14.6 Å². The molecule has 4 atom stereocenters. The second-order valence-corrected chi connectivity index (χ2v) is 12.4. The molecule has 0 radical (unpaired) electrons. The Balaban J connectivity index is 1.49. The van der Waals surface area contributed by atoms with E-state index in [-0.39, 0.29) is 22.9 Å². The van der Waals surface area contributed by atoms with Gasteiger partial charge >= 0.3 is 15.2 Å². The van der Waals surface area contributed by atoms with Crippen LogP contribution in [0, 0.1) is 0 Å². The topological polar surface area (TPSA) is 202 Å². The zero-order chi connectivity index (χ0) is 25.4. The first-order valence-electron chi connectivity index (χ1n) is 10.0. The molecule has 3 heterocycles. The van der Waals surface area contributed by atoms with Crippen LogP contribution in [-0.4, -0.2) is 69.5 Å². The monoisotopic (exact) mass is 568 g/mol. The molecule has 1 aromatic carbocycles. The zero-order valence-electron chi connectivity index (χ0n) is 17.7. The van der Waals surface area contributed by atoms with E-state index in [0.717, 1.165) is 5.56 Å². The van der Waals surface area contributed by atoms with Gasteiger partial charge in [-0.1, -0.05) is 35.0 Å². The van der Waals surface area contributed by atoms with Gasteiger partial charge in [-0.15, -0.1) is 5.10 Å². The Morgan fingerprint density at radius 2 is 1.94 bits per heavy atom. The van der Waals surface area contributed by atoms with Crippen LogP contribution in [0.4, 0.5) is 5.82 Å². The van der Waals surface area contributed by atoms with Crippen molar-refractivity contribution in [2.24, 2.45) is 0 Å². The summed E-state index contributed by atoms with van der Waals surface area (Å²) in [6.07, 6.45) is -3.09. The number of hydrogen-bond donors (Lipinski definition) is 5. The van der Waals surface area contributed by atoms with E-state index in [1.54, 1.807) is 6.07 Å². The minimum Gasteiger partial charge on any atom is -0.390 e. The van der Waals surface area contributed by atoms with Crippen LogP contribution < -0.4 is 5.32 Å². The first-order valence-corrected chi connectivity index (χ1v) is 14.3. The number of benzene rings is 1. The number of rotatable bonds is 9. The molecule has 0 saturated carbocycles. The Morgan fingerprint density at radius 3 is 2.66 bits per heavy atom. The number of aromatic nitrogens is 5. The predicted octanol–water partition coefficient (Wildman–Crippen LogP) is 2.13. The Hall–Kier alpha value is -1.70. The van der Waals surface area contributed by atoms with Crippen molar-refractivity contribution < 1.29 is 38.2 Å². The van der Waals surface area contributed by atoms with Gasteiger partial charge in [-0.05, 0) is 23.2 Å². The highest BCUT2D eigenvalue weighted by molar-refractivity contribution is 7.70. The minimum absolute atomic E-state index is 0.00468. The van der Waals surface area contributed by atoms with E-state index >= 15 is 0 Å². The van der Waals surface area contributed by atoms with Gasteiger partial charge in [-0.25, -0.2) is 0 Å². The van der Waals surface area contributed by atoms with Crippen LogP contribution in [0.25, 0.3) is 11.2 Å². The molecule has 18 heteroatoms. The van der Waals surface area contributed by atoms with Crippen molar-refractivity contribution in [2.45, 2.75) is 31.4 Å². The Labute approximate surface area is 207 Å². The van der Waals surface area contributed by atoms with Gasteiger partial charge in [-0.3, -0.25) is 9.13 Å². The predicted molar refractivity (Wildman–Crippen MR) is 124 cm³/mol. The maximum Gasteiger partial charge on any atom is 0.340 e. The molecule has 1 fully saturated rings. The summed E-state index contributed by atoms with van der Waals surface area (Å²) < 4.78 is 34.6. The lowest BCUT2D eigenvalue weighted by molar-refractivity contribution is -0.0440. The smallest absolute Gasteiger partial charge is 0.340 e. The maximum absolute atomic E-state index is 11.9. The quantitative estimate of drug-likeness (QED) is 0.185. The first-order chi connectivity index (χ1) is 16.4. The third-order valence-electron chi connectivity index (χ3n) is 4.98. The van der Waals surface area contributed by atoms with Crippen molar-refractivity contribution in [3.8, 4) is 0 Å². The number of aliphatic hydroxyl groups is 1. The average Bonchev–Trinajstić information content (AvgIpc) is 3.33. The third-order valence-corrected chi connectivity index (χ3v) is 8.97. The van der Waals surface area contributed by atoms with Crippen molar-refractivity contribution in [3.05, 3.63) is 40.1 Å². The fraction of sp³-hybridized carbons (Fsp3) is 0.412. The number of halogens is 2. The second-order valence-electron chi connectivity index (χ2n) is 7.66. The van der Waals surface area contributed by atoms with Crippen LogP contribution >= 0.6 is 38.4 Å². The largest absolute Gasteiger partial charge is 0.390 e. The molecule has 1 saturated heterocycles. The third kappa shape index (κ3) is 6.55. The average molecular weight is 569 g/mol. The molecule has 2 aromatic heterocycles. The SMILES string of the molecule is O=P(O)(O)CP(=O)(O)OC[C@H]1O[C@@H](n2nnc3c(NCc4ccccc4Cl)nc(Cl)nc32)C[C@@H]1O. The fourth-order valence-corrected chi connectivity index (χ4v) is 6.36. The normalized spacial score (nSPS) is 22.4. The molecule has 0 aliphatic carbocycles. The van der Waals surface area contributed by atoms with E-state index in [4.69, 9.17) is 42.2 Å². The van der Waals surface area contributed by atoms with Gasteiger partial charge in [0, 0.05) is 18.0 Å². The van der Waals surface area contributed by atoms with E-state index in [9.17, 15) is 19.1 Å². The molecule has 0 amide bonds. The van der Waals surface area contributed by atoms with Gasteiger partial charge in [0.1, 0.15) is 6.10 Å². The summed E-state index contributed by atoms with van der Waals surface area (Å²) in [6, 6.07) is 7.24. The van der Waals surface area contributed by atoms with Crippen LogP contribution in [0.2, 0.25) is 10.3 Å². The van der Waals surface area contributed by atoms with Crippen LogP contribution in [0.5, 0.6) is 0 Å². The molecule has 5 N–H and O–H groups in total. The van der Waals surface area contributed by atoms with Crippen LogP contribution in [-0.2, 0) is 24.9 Å². The number of ether oxygens (including phenoxy) is 1. The van der Waals surface area contributed by atoms with Gasteiger partial charge in [0.05, 0.1) is 12.7 Å². The zero-order valence-corrected chi connectivity index (χ0v) is 21.0. The van der Waals surface area contributed by atoms with Crippen molar-refractivity contribution in [1.82, 2.24) is 25.0 Å². The number of aliphatic hydroxyl groups excluding tert-OH is 1. The lowest BCUT2D eigenvalue weighted by Crippen LogP contribution is -2.26. The number of hydrogen-bond acceptors (Lipinski definition) is 10. The van der Waals surface area contributed by atoms with Gasteiger partial charge in [0.2, 0.25) is 5.28 Å². The summed E-state index contributed by atoms with van der Waals surface area (Å²) in [4.78, 5) is 35.7. The summed E-state index contributed by atoms with van der Waals surface area (Å²) in [5, 5.41) is 22.0. The van der Waals surface area contributed by atoms with Crippen molar-refractivity contribution in [1.29, 1.82) is 0 Å². The van der Waals surface area contributed by atoms with Crippen LogP contribution in [0.15, 0.2) is 24.3 Å². The molecule has 0 spiro atoms.